The summed E-state index contributed by atoms with van der Waals surface area (Å²) in [6.45, 7) is 0.600. The second-order valence-electron chi connectivity index (χ2n) is 6.93. The predicted octanol–water partition coefficient (Wildman–Crippen LogP) is 3.20. The third kappa shape index (κ3) is 5.58. The highest BCUT2D eigenvalue weighted by Crippen LogP contribution is 2.23. The highest BCUT2D eigenvalue weighted by molar-refractivity contribution is 7.89. The normalized spacial score (nSPS) is 12.6. The van der Waals surface area contributed by atoms with Crippen molar-refractivity contribution in [2.45, 2.75) is 30.3 Å². The van der Waals surface area contributed by atoms with Gasteiger partial charge in [0.1, 0.15) is 6.04 Å². The molecule has 1 amide bonds. The Labute approximate surface area is 181 Å². The first kappa shape index (κ1) is 22.2. The molecule has 0 spiro atoms. The topological polar surface area (TPSA) is 101 Å². The standard InChI is InChI=1S/C22H24ClN3O3S/c23-18-9-3-6-16(14-18)15-25-22(27)20(11-5-13-24)26-30(28,29)21-12-4-8-17-7-1-2-10-19(17)21/h1-4,6-10,12,14,20,26H,5,11,13,15,24H2,(H,25,27). The van der Waals surface area contributed by atoms with Gasteiger partial charge in [-0.3, -0.25) is 4.79 Å². The predicted molar refractivity (Wildman–Crippen MR) is 120 cm³/mol. The van der Waals surface area contributed by atoms with Gasteiger partial charge in [-0.15, -0.1) is 0 Å². The van der Waals surface area contributed by atoms with Crippen LogP contribution in [0.3, 0.4) is 0 Å². The number of sulfonamides is 1. The van der Waals surface area contributed by atoms with Crippen molar-refractivity contribution in [3.63, 3.8) is 0 Å². The van der Waals surface area contributed by atoms with Gasteiger partial charge < -0.3 is 11.1 Å². The van der Waals surface area contributed by atoms with Crippen LogP contribution >= 0.6 is 11.6 Å². The molecule has 0 aliphatic carbocycles. The van der Waals surface area contributed by atoms with E-state index in [1.54, 1.807) is 36.4 Å². The summed E-state index contributed by atoms with van der Waals surface area (Å²) >= 11 is 5.98. The molecular weight excluding hydrogens is 422 g/mol. The van der Waals surface area contributed by atoms with Crippen molar-refractivity contribution in [1.29, 1.82) is 0 Å². The number of hydrogen-bond acceptors (Lipinski definition) is 4. The Morgan fingerprint density at radius 1 is 1.03 bits per heavy atom. The molecule has 0 fully saturated rings. The second-order valence-corrected chi connectivity index (χ2v) is 9.05. The van der Waals surface area contributed by atoms with Gasteiger partial charge in [0.2, 0.25) is 15.9 Å². The largest absolute Gasteiger partial charge is 0.351 e. The third-order valence-corrected chi connectivity index (χ3v) is 6.47. The maximum Gasteiger partial charge on any atom is 0.241 e. The molecule has 4 N–H and O–H groups in total. The van der Waals surface area contributed by atoms with Crippen molar-refractivity contribution >= 4 is 38.3 Å². The van der Waals surface area contributed by atoms with E-state index in [4.69, 9.17) is 17.3 Å². The summed E-state index contributed by atoms with van der Waals surface area (Å²) in [5, 5.41) is 4.76. The fraction of sp³-hybridized carbons (Fsp3) is 0.227. The van der Waals surface area contributed by atoms with E-state index in [1.165, 1.54) is 6.07 Å². The highest BCUT2D eigenvalue weighted by Gasteiger charge is 2.26. The van der Waals surface area contributed by atoms with Crippen LogP contribution in [0.4, 0.5) is 0 Å². The number of benzene rings is 3. The van der Waals surface area contributed by atoms with Crippen LogP contribution in [0.15, 0.2) is 71.6 Å². The third-order valence-electron chi connectivity index (χ3n) is 4.71. The molecule has 1 atom stereocenters. The summed E-state index contributed by atoms with van der Waals surface area (Å²) in [4.78, 5) is 12.9. The molecule has 6 nitrogen and oxygen atoms in total. The van der Waals surface area contributed by atoms with E-state index in [-0.39, 0.29) is 11.4 Å². The van der Waals surface area contributed by atoms with Crippen molar-refractivity contribution in [3.05, 3.63) is 77.3 Å². The monoisotopic (exact) mass is 445 g/mol. The summed E-state index contributed by atoms with van der Waals surface area (Å²) in [5.74, 6) is -0.410. The molecule has 0 bridgehead atoms. The lowest BCUT2D eigenvalue weighted by atomic mass is 10.1. The molecule has 3 rings (SSSR count). The minimum Gasteiger partial charge on any atom is -0.351 e. The quantitative estimate of drug-likeness (QED) is 0.470. The van der Waals surface area contributed by atoms with E-state index in [1.807, 2.05) is 24.3 Å². The number of carbonyl (C=O) groups is 1. The number of nitrogens with one attached hydrogen (secondary N) is 2. The van der Waals surface area contributed by atoms with Crippen molar-refractivity contribution in [2.75, 3.05) is 6.54 Å². The van der Waals surface area contributed by atoms with Crippen molar-refractivity contribution in [2.24, 2.45) is 5.73 Å². The average Bonchev–Trinajstić information content (AvgIpc) is 2.74. The van der Waals surface area contributed by atoms with E-state index < -0.39 is 22.0 Å². The summed E-state index contributed by atoms with van der Waals surface area (Å²) in [5.41, 5.74) is 6.41. The number of hydrogen-bond donors (Lipinski definition) is 3. The van der Waals surface area contributed by atoms with E-state index in [9.17, 15) is 13.2 Å². The SMILES string of the molecule is NCCCC(NS(=O)(=O)c1cccc2ccccc12)C(=O)NCc1cccc(Cl)c1. The second kappa shape index (κ2) is 10.0. The lowest BCUT2D eigenvalue weighted by Gasteiger charge is -2.19. The fourth-order valence-corrected chi connectivity index (χ4v) is 4.88. The fourth-order valence-electron chi connectivity index (χ4n) is 3.21. The van der Waals surface area contributed by atoms with Gasteiger partial charge in [-0.05, 0) is 48.5 Å². The smallest absolute Gasteiger partial charge is 0.241 e. The summed E-state index contributed by atoms with van der Waals surface area (Å²) in [6, 6.07) is 18.5. The van der Waals surface area contributed by atoms with Crippen LogP contribution in [-0.4, -0.2) is 26.9 Å². The zero-order valence-corrected chi connectivity index (χ0v) is 17.9. The van der Waals surface area contributed by atoms with Crippen molar-refractivity contribution in [1.82, 2.24) is 10.0 Å². The van der Waals surface area contributed by atoms with Crippen LogP contribution in [0.1, 0.15) is 18.4 Å². The first-order chi connectivity index (χ1) is 14.4. The first-order valence-electron chi connectivity index (χ1n) is 9.63. The van der Waals surface area contributed by atoms with Crippen LogP contribution in [0.5, 0.6) is 0 Å². The summed E-state index contributed by atoms with van der Waals surface area (Å²) < 4.78 is 28.8. The van der Waals surface area contributed by atoms with E-state index >= 15 is 0 Å². The maximum atomic E-state index is 13.1. The number of carbonyl (C=O) groups excluding carboxylic acids is 1. The molecule has 0 heterocycles. The van der Waals surface area contributed by atoms with Gasteiger partial charge >= 0.3 is 0 Å². The average molecular weight is 446 g/mol. The zero-order valence-electron chi connectivity index (χ0n) is 16.3. The summed E-state index contributed by atoms with van der Waals surface area (Å²) in [7, 11) is -3.92. The molecule has 0 aliphatic heterocycles. The molecule has 0 saturated heterocycles. The molecule has 3 aromatic carbocycles. The molecule has 3 aromatic rings. The van der Waals surface area contributed by atoms with Crippen molar-refractivity contribution in [3.8, 4) is 0 Å². The van der Waals surface area contributed by atoms with Gasteiger partial charge in [0.05, 0.1) is 4.90 Å². The number of halogens is 1. The number of nitrogens with two attached hydrogens (primary N) is 1. The van der Waals surface area contributed by atoms with Gasteiger partial charge in [0, 0.05) is 17.0 Å². The van der Waals surface area contributed by atoms with Gasteiger partial charge in [-0.25, -0.2) is 8.42 Å². The Kier molecular flexibility index (Phi) is 7.44. The van der Waals surface area contributed by atoms with Crippen LogP contribution in [0.2, 0.25) is 5.02 Å². The molecule has 0 aromatic heterocycles. The lowest BCUT2D eigenvalue weighted by molar-refractivity contribution is -0.123. The van der Waals surface area contributed by atoms with E-state index in [2.05, 4.69) is 10.0 Å². The Morgan fingerprint density at radius 2 is 1.77 bits per heavy atom. The zero-order chi connectivity index (χ0) is 21.6. The summed E-state index contributed by atoms with van der Waals surface area (Å²) in [6.07, 6.45) is 0.801. The Bertz CT molecular complexity index is 1130. The molecule has 1 unspecified atom stereocenters. The maximum absolute atomic E-state index is 13.1. The van der Waals surface area contributed by atoms with Crippen LogP contribution < -0.4 is 15.8 Å². The van der Waals surface area contributed by atoms with Gasteiger partial charge in [0.25, 0.3) is 0 Å². The molecule has 158 valence electrons. The minimum atomic E-state index is -3.92. The first-order valence-corrected chi connectivity index (χ1v) is 11.5. The van der Waals surface area contributed by atoms with Crippen molar-refractivity contribution < 1.29 is 13.2 Å². The molecule has 0 aliphatic rings. The Morgan fingerprint density at radius 3 is 2.53 bits per heavy atom. The van der Waals surface area contributed by atoms with Crippen LogP contribution in [0, 0.1) is 0 Å². The van der Waals surface area contributed by atoms with E-state index in [0.29, 0.717) is 29.8 Å². The molecular formula is C22H24ClN3O3S. The highest BCUT2D eigenvalue weighted by atomic mass is 35.5. The van der Waals surface area contributed by atoms with Gasteiger partial charge in [0.15, 0.2) is 0 Å². The van der Waals surface area contributed by atoms with Crippen LogP contribution in [-0.2, 0) is 21.4 Å². The minimum absolute atomic E-state index is 0.140. The number of fused-ring (bicyclic) bond motifs is 1. The molecule has 8 heteroatoms. The van der Waals surface area contributed by atoms with Gasteiger partial charge in [-0.2, -0.15) is 4.72 Å². The number of rotatable bonds is 9. The van der Waals surface area contributed by atoms with Gasteiger partial charge in [-0.1, -0.05) is 60.1 Å². The Hall–Kier alpha value is -2.45. The molecule has 0 saturated carbocycles. The lowest BCUT2D eigenvalue weighted by Crippen LogP contribution is -2.46. The molecule has 0 radical (unpaired) electrons. The van der Waals surface area contributed by atoms with Crippen LogP contribution in [0.25, 0.3) is 10.8 Å². The molecule has 30 heavy (non-hydrogen) atoms. The Balaban J connectivity index is 1.79. The number of amides is 1. The van der Waals surface area contributed by atoms with E-state index in [0.717, 1.165) is 10.9 Å².